The molecular formula is C17H8Cl2IN3O2. The van der Waals surface area contributed by atoms with E-state index in [1.807, 2.05) is 6.07 Å². The number of carbonyl (C=O) groups is 2. The Labute approximate surface area is 166 Å². The summed E-state index contributed by atoms with van der Waals surface area (Å²) in [6.45, 7) is 0. The van der Waals surface area contributed by atoms with Crippen LogP contribution in [0.3, 0.4) is 0 Å². The molecule has 1 aliphatic rings. The van der Waals surface area contributed by atoms with E-state index in [1.165, 1.54) is 18.2 Å². The van der Waals surface area contributed by atoms with E-state index in [0.717, 1.165) is 3.57 Å². The molecule has 5 nitrogen and oxygen atoms in total. The van der Waals surface area contributed by atoms with Crippen molar-refractivity contribution in [3.8, 4) is 6.07 Å². The number of ketones is 1. The SMILES string of the molecule is N#C/C(C(=O)c1ccc(Cl)cc1Cl)=C1\NC(=O)c2ccc(I)cc2N1. The second-order valence-corrected chi connectivity index (χ2v) is 7.17. The molecule has 8 heteroatoms. The summed E-state index contributed by atoms with van der Waals surface area (Å²) in [6.07, 6.45) is 0. The molecule has 0 fully saturated rings. The highest BCUT2D eigenvalue weighted by Gasteiger charge is 2.26. The van der Waals surface area contributed by atoms with Crippen LogP contribution in [0.2, 0.25) is 10.0 Å². The first kappa shape index (κ1) is 17.7. The van der Waals surface area contributed by atoms with Crippen LogP contribution in [-0.4, -0.2) is 11.7 Å². The summed E-state index contributed by atoms with van der Waals surface area (Å²) in [5.41, 5.74) is 0.827. The Hall–Kier alpha value is -2.08. The van der Waals surface area contributed by atoms with Gasteiger partial charge in [-0.05, 0) is 59.0 Å². The molecule has 0 radical (unpaired) electrons. The van der Waals surface area contributed by atoms with Gasteiger partial charge in [-0.15, -0.1) is 0 Å². The second-order valence-electron chi connectivity index (χ2n) is 5.08. The zero-order valence-electron chi connectivity index (χ0n) is 12.4. The van der Waals surface area contributed by atoms with E-state index in [-0.39, 0.29) is 22.0 Å². The highest BCUT2D eigenvalue weighted by Crippen LogP contribution is 2.27. The number of hydrogen-bond donors (Lipinski definition) is 2. The minimum atomic E-state index is -0.610. The van der Waals surface area contributed by atoms with Crippen LogP contribution in [-0.2, 0) is 0 Å². The normalized spacial score (nSPS) is 14.7. The summed E-state index contributed by atoms with van der Waals surface area (Å²) < 4.78 is 0.906. The van der Waals surface area contributed by atoms with Crippen molar-refractivity contribution in [2.45, 2.75) is 0 Å². The Morgan fingerprint density at radius 2 is 1.88 bits per heavy atom. The first-order valence-electron chi connectivity index (χ1n) is 6.92. The highest BCUT2D eigenvalue weighted by molar-refractivity contribution is 14.1. The Morgan fingerprint density at radius 1 is 1.12 bits per heavy atom. The third kappa shape index (κ3) is 3.49. The molecule has 0 saturated carbocycles. The number of allylic oxidation sites excluding steroid dienone is 1. The van der Waals surface area contributed by atoms with Crippen LogP contribution in [0.1, 0.15) is 20.7 Å². The lowest BCUT2D eigenvalue weighted by Crippen LogP contribution is -2.35. The van der Waals surface area contributed by atoms with Gasteiger partial charge in [0, 0.05) is 14.2 Å². The number of anilines is 1. The number of Topliss-reactive ketones (excluding diaryl/α,β-unsaturated/α-hetero) is 1. The van der Waals surface area contributed by atoms with Crippen LogP contribution in [0.5, 0.6) is 0 Å². The molecule has 0 aliphatic carbocycles. The van der Waals surface area contributed by atoms with Gasteiger partial charge in [0.2, 0.25) is 5.78 Å². The maximum atomic E-state index is 12.7. The molecule has 1 heterocycles. The lowest BCUT2D eigenvalue weighted by molar-refractivity contribution is 0.0963. The number of nitriles is 1. The van der Waals surface area contributed by atoms with Gasteiger partial charge in [0.1, 0.15) is 17.5 Å². The number of nitrogens with one attached hydrogen (secondary N) is 2. The molecule has 1 amide bonds. The number of fused-ring (bicyclic) bond motifs is 1. The van der Waals surface area contributed by atoms with Gasteiger partial charge in [-0.1, -0.05) is 23.2 Å². The van der Waals surface area contributed by atoms with Crippen LogP contribution >= 0.6 is 45.8 Å². The number of rotatable bonds is 2. The van der Waals surface area contributed by atoms with Gasteiger partial charge < -0.3 is 10.6 Å². The molecule has 0 spiro atoms. The van der Waals surface area contributed by atoms with Crippen molar-refractivity contribution in [2.75, 3.05) is 5.32 Å². The quantitative estimate of drug-likeness (QED) is 0.287. The first-order valence-corrected chi connectivity index (χ1v) is 8.76. The first-order chi connectivity index (χ1) is 11.9. The molecule has 0 bridgehead atoms. The molecular weight excluding hydrogens is 476 g/mol. The molecule has 0 aromatic heterocycles. The molecule has 0 unspecified atom stereocenters. The summed E-state index contributed by atoms with van der Waals surface area (Å²) in [5.74, 6) is -0.984. The van der Waals surface area contributed by atoms with Crippen molar-refractivity contribution >= 4 is 63.2 Å². The summed E-state index contributed by atoms with van der Waals surface area (Å²) in [7, 11) is 0. The van der Waals surface area contributed by atoms with Crippen molar-refractivity contribution in [2.24, 2.45) is 0 Å². The van der Waals surface area contributed by atoms with Crippen LogP contribution in [0.25, 0.3) is 0 Å². The Kier molecular flexibility index (Phi) is 4.99. The summed E-state index contributed by atoms with van der Waals surface area (Å²) in [6, 6.07) is 11.4. The van der Waals surface area contributed by atoms with Gasteiger partial charge in [0.15, 0.2) is 0 Å². The van der Waals surface area contributed by atoms with Gasteiger partial charge in [0.25, 0.3) is 5.91 Å². The third-order valence-corrected chi connectivity index (χ3v) is 4.71. The summed E-state index contributed by atoms with van der Waals surface area (Å²) in [4.78, 5) is 24.9. The average molecular weight is 484 g/mol. The van der Waals surface area contributed by atoms with Crippen molar-refractivity contribution in [3.05, 3.63) is 72.5 Å². The van der Waals surface area contributed by atoms with E-state index in [2.05, 4.69) is 33.2 Å². The van der Waals surface area contributed by atoms with E-state index in [1.54, 1.807) is 18.2 Å². The van der Waals surface area contributed by atoms with Crippen LogP contribution in [0.4, 0.5) is 5.69 Å². The predicted molar refractivity (Wildman–Crippen MR) is 104 cm³/mol. The summed E-state index contributed by atoms with van der Waals surface area (Å²) in [5, 5.41) is 15.4. The lowest BCUT2D eigenvalue weighted by Gasteiger charge is -2.22. The van der Waals surface area contributed by atoms with Crippen molar-refractivity contribution in [3.63, 3.8) is 0 Å². The van der Waals surface area contributed by atoms with Crippen LogP contribution in [0.15, 0.2) is 47.8 Å². The minimum Gasteiger partial charge on any atom is -0.340 e. The number of carbonyl (C=O) groups excluding carboxylic acids is 2. The highest BCUT2D eigenvalue weighted by atomic mass is 127. The Balaban J connectivity index is 2.07. The Morgan fingerprint density at radius 3 is 2.56 bits per heavy atom. The zero-order valence-corrected chi connectivity index (χ0v) is 16.0. The maximum Gasteiger partial charge on any atom is 0.258 e. The Bertz CT molecular complexity index is 996. The molecule has 1 aliphatic heterocycles. The molecule has 2 aromatic carbocycles. The fourth-order valence-electron chi connectivity index (χ4n) is 2.32. The van der Waals surface area contributed by atoms with Crippen molar-refractivity contribution in [1.82, 2.24) is 5.32 Å². The second kappa shape index (κ2) is 7.04. The number of hydrogen-bond acceptors (Lipinski definition) is 4. The minimum absolute atomic E-state index is 0.0259. The smallest absolute Gasteiger partial charge is 0.258 e. The fraction of sp³-hybridized carbons (Fsp3) is 0. The molecule has 2 aromatic rings. The van der Waals surface area contributed by atoms with E-state index >= 15 is 0 Å². The number of benzene rings is 2. The molecule has 25 heavy (non-hydrogen) atoms. The van der Waals surface area contributed by atoms with Gasteiger partial charge in [-0.2, -0.15) is 5.26 Å². The monoisotopic (exact) mass is 483 g/mol. The van der Waals surface area contributed by atoms with Crippen molar-refractivity contribution < 1.29 is 9.59 Å². The van der Waals surface area contributed by atoms with E-state index in [9.17, 15) is 14.9 Å². The van der Waals surface area contributed by atoms with E-state index in [0.29, 0.717) is 16.3 Å². The van der Waals surface area contributed by atoms with Crippen molar-refractivity contribution in [1.29, 1.82) is 5.26 Å². The topological polar surface area (TPSA) is 82.0 Å². The average Bonchev–Trinajstić information content (AvgIpc) is 2.55. The van der Waals surface area contributed by atoms with Crippen LogP contribution in [0, 0.1) is 14.9 Å². The van der Waals surface area contributed by atoms with Gasteiger partial charge in [-0.25, -0.2) is 0 Å². The van der Waals surface area contributed by atoms with Gasteiger partial charge >= 0.3 is 0 Å². The number of nitrogens with zero attached hydrogens (tertiary/aromatic N) is 1. The van der Waals surface area contributed by atoms with Gasteiger partial charge in [0.05, 0.1) is 16.3 Å². The standard InChI is InChI=1S/C17H8Cl2IN3O2/c18-8-1-3-10(13(19)5-8)15(24)12(7-21)16-22-14-6-9(20)2-4-11(14)17(25)23-16/h1-6,22H,(H,23,25)/b16-12+. The summed E-state index contributed by atoms with van der Waals surface area (Å²) >= 11 is 14.0. The van der Waals surface area contributed by atoms with Gasteiger partial charge in [-0.3, -0.25) is 9.59 Å². The molecule has 0 saturated heterocycles. The third-order valence-electron chi connectivity index (χ3n) is 3.49. The zero-order chi connectivity index (χ0) is 18.1. The predicted octanol–water partition coefficient (Wildman–Crippen LogP) is 4.37. The lowest BCUT2D eigenvalue weighted by atomic mass is 10.0. The fourth-order valence-corrected chi connectivity index (χ4v) is 3.30. The molecule has 124 valence electrons. The number of amides is 1. The van der Waals surface area contributed by atoms with E-state index < -0.39 is 11.7 Å². The van der Waals surface area contributed by atoms with E-state index in [4.69, 9.17) is 23.2 Å². The maximum absolute atomic E-state index is 12.7. The molecule has 2 N–H and O–H groups in total. The molecule has 0 atom stereocenters. The largest absolute Gasteiger partial charge is 0.340 e. The number of halogens is 3. The van der Waals surface area contributed by atoms with Crippen LogP contribution < -0.4 is 10.6 Å². The molecule has 3 rings (SSSR count).